The molecule has 0 bridgehead atoms. The fraction of sp³-hybridized carbons (Fsp3) is 0.793. The molecule has 3 heterocycles. The van der Waals surface area contributed by atoms with E-state index in [0.717, 1.165) is 36.7 Å². The summed E-state index contributed by atoms with van der Waals surface area (Å²) in [5.74, 6) is -2.30. The van der Waals surface area contributed by atoms with Crippen LogP contribution in [0.3, 0.4) is 0 Å². The number of hydrogen-bond acceptors (Lipinski definition) is 9. The van der Waals surface area contributed by atoms with E-state index >= 15 is 0 Å². The lowest BCUT2D eigenvalue weighted by Crippen LogP contribution is -2.70. The Morgan fingerprint density at radius 3 is 2.66 bits per heavy atom. The van der Waals surface area contributed by atoms with E-state index in [2.05, 4.69) is 13.0 Å². The maximum Gasteiger partial charge on any atom is 0.331 e. The van der Waals surface area contributed by atoms with Crippen molar-refractivity contribution in [2.24, 2.45) is 28.6 Å². The molecule has 38 heavy (non-hydrogen) atoms. The molecule has 208 valence electrons. The average molecular weight is 531 g/mol. The van der Waals surface area contributed by atoms with E-state index in [-0.39, 0.29) is 36.2 Å². The molecule has 7 rings (SSSR count). The van der Waals surface area contributed by atoms with Crippen molar-refractivity contribution in [3.63, 3.8) is 0 Å². The summed E-state index contributed by atoms with van der Waals surface area (Å²) in [4.78, 5) is 24.9. The number of aliphatic hydroxyl groups is 3. The lowest BCUT2D eigenvalue weighted by Gasteiger charge is -2.62. The first-order chi connectivity index (χ1) is 18.0. The van der Waals surface area contributed by atoms with Gasteiger partial charge < -0.3 is 39.1 Å². The van der Waals surface area contributed by atoms with Gasteiger partial charge in [0.15, 0.2) is 0 Å². The molecule has 7 aliphatic rings. The van der Waals surface area contributed by atoms with Crippen molar-refractivity contribution in [1.82, 2.24) is 0 Å². The SMILES string of the molecule is C[C@@H]1C[C@H](O)[C@]2(O)O[C@@H]3CC4=CC[C@@H]5[C@H](CC[C@]6(C)[C@@H](C7=CC(=O)OC7)CC[C@]56O)[C@@]4(C=O)C[C@H]3O[C@@H]2O1. The number of cyclic esters (lactones) is 1. The van der Waals surface area contributed by atoms with Gasteiger partial charge >= 0.3 is 5.97 Å². The van der Waals surface area contributed by atoms with Gasteiger partial charge in [0.1, 0.15) is 19.0 Å². The van der Waals surface area contributed by atoms with Crippen molar-refractivity contribution < 1.29 is 43.9 Å². The minimum Gasteiger partial charge on any atom is -0.458 e. The van der Waals surface area contributed by atoms with Crippen LogP contribution in [0.4, 0.5) is 0 Å². The van der Waals surface area contributed by atoms with Gasteiger partial charge in [-0.05, 0) is 75.2 Å². The number of aldehydes is 1. The number of allylic oxidation sites excluding steroid dienone is 1. The highest BCUT2D eigenvalue weighted by atomic mass is 16.8. The van der Waals surface area contributed by atoms with Gasteiger partial charge in [-0.25, -0.2) is 4.79 Å². The van der Waals surface area contributed by atoms with Gasteiger partial charge in [0, 0.05) is 17.9 Å². The molecule has 4 aliphatic carbocycles. The molecule has 0 aromatic rings. The Balaban J connectivity index is 1.20. The number of ether oxygens (including phenoxy) is 4. The molecule has 0 spiro atoms. The number of carbonyl (C=O) groups excluding carboxylic acids is 2. The highest BCUT2D eigenvalue weighted by molar-refractivity contribution is 5.85. The fourth-order valence-electron chi connectivity index (χ4n) is 9.62. The van der Waals surface area contributed by atoms with E-state index < -0.39 is 46.8 Å². The van der Waals surface area contributed by atoms with Crippen LogP contribution in [-0.2, 0) is 28.5 Å². The van der Waals surface area contributed by atoms with Crippen LogP contribution in [0.25, 0.3) is 0 Å². The minimum atomic E-state index is -1.94. The van der Waals surface area contributed by atoms with Crippen LogP contribution >= 0.6 is 0 Å². The van der Waals surface area contributed by atoms with Gasteiger partial charge in [-0.2, -0.15) is 0 Å². The molecule has 0 unspecified atom stereocenters. The maximum absolute atomic E-state index is 13.1. The summed E-state index contributed by atoms with van der Waals surface area (Å²) in [6.45, 7) is 4.27. The summed E-state index contributed by atoms with van der Waals surface area (Å²) >= 11 is 0. The van der Waals surface area contributed by atoms with E-state index in [4.69, 9.17) is 18.9 Å². The first-order valence-electron chi connectivity index (χ1n) is 14.2. The maximum atomic E-state index is 13.1. The molecule has 0 aromatic carbocycles. The number of rotatable bonds is 2. The molecule has 12 atom stereocenters. The zero-order chi connectivity index (χ0) is 26.7. The Hall–Kier alpha value is -1.62. The number of aliphatic hydroxyl groups excluding tert-OH is 1. The summed E-state index contributed by atoms with van der Waals surface area (Å²) in [5, 5.41) is 34.1. The summed E-state index contributed by atoms with van der Waals surface area (Å²) in [7, 11) is 0. The topological polar surface area (TPSA) is 132 Å². The summed E-state index contributed by atoms with van der Waals surface area (Å²) < 4.78 is 23.4. The van der Waals surface area contributed by atoms with E-state index in [1.807, 2.05) is 6.92 Å². The molecular formula is C29H38O9. The zero-order valence-corrected chi connectivity index (χ0v) is 22.0. The molecule has 5 fully saturated rings. The Morgan fingerprint density at radius 2 is 1.92 bits per heavy atom. The molecule has 0 radical (unpaired) electrons. The predicted molar refractivity (Wildman–Crippen MR) is 131 cm³/mol. The fourth-order valence-corrected chi connectivity index (χ4v) is 9.62. The lowest BCUT2D eigenvalue weighted by atomic mass is 9.45. The van der Waals surface area contributed by atoms with Gasteiger partial charge in [0.25, 0.3) is 0 Å². The highest BCUT2D eigenvalue weighted by Gasteiger charge is 2.69. The second-order valence-corrected chi connectivity index (χ2v) is 13.2. The van der Waals surface area contributed by atoms with E-state index in [1.54, 1.807) is 6.08 Å². The molecule has 0 aromatic heterocycles. The number of carbonyl (C=O) groups is 2. The van der Waals surface area contributed by atoms with Crippen LogP contribution in [0.2, 0.25) is 0 Å². The van der Waals surface area contributed by atoms with Gasteiger partial charge in [0.05, 0.1) is 29.3 Å². The monoisotopic (exact) mass is 530 g/mol. The van der Waals surface area contributed by atoms with E-state index in [9.17, 15) is 24.9 Å². The van der Waals surface area contributed by atoms with E-state index in [0.29, 0.717) is 32.3 Å². The van der Waals surface area contributed by atoms with Gasteiger partial charge in [-0.3, -0.25) is 0 Å². The van der Waals surface area contributed by atoms with Crippen LogP contribution in [0, 0.1) is 28.6 Å². The van der Waals surface area contributed by atoms with Crippen LogP contribution in [0.15, 0.2) is 23.3 Å². The molecule has 3 aliphatic heterocycles. The molecular weight excluding hydrogens is 492 g/mol. The van der Waals surface area contributed by atoms with Gasteiger partial charge in [-0.15, -0.1) is 0 Å². The van der Waals surface area contributed by atoms with Crippen molar-refractivity contribution in [3.05, 3.63) is 23.3 Å². The normalized spacial score (nSPS) is 55.3. The smallest absolute Gasteiger partial charge is 0.331 e. The second kappa shape index (κ2) is 8.21. The number of esters is 1. The second-order valence-electron chi connectivity index (χ2n) is 13.2. The minimum absolute atomic E-state index is 0.0468. The molecule has 9 nitrogen and oxygen atoms in total. The Bertz CT molecular complexity index is 1120. The molecule has 3 saturated carbocycles. The molecule has 3 N–H and O–H groups in total. The first-order valence-corrected chi connectivity index (χ1v) is 14.2. The average Bonchev–Trinajstić information content (AvgIpc) is 3.42. The summed E-state index contributed by atoms with van der Waals surface area (Å²) in [5.41, 5.74) is -0.182. The van der Waals surface area contributed by atoms with Gasteiger partial charge in [0.2, 0.25) is 12.1 Å². The number of hydrogen-bond donors (Lipinski definition) is 3. The standard InChI is InChI=1S/C29H38O9/c1-15-9-23(31)29(34)25(36-15)37-22-12-27(14-30)17(11-21(22)38-29)3-4-20-19(27)5-7-26(2)18(6-8-28(20,26)33)16-10-24(32)35-13-16/h3,10,14-15,18-23,25,31,33-34H,4-9,11-13H2,1-2H3/t15-,18-,19+,20-,21-,22-,23+,25+,26-,27-,28+,29+/m1/s1. The highest BCUT2D eigenvalue weighted by Crippen LogP contribution is 2.69. The van der Waals surface area contributed by atoms with E-state index in [1.165, 1.54) is 0 Å². The van der Waals surface area contributed by atoms with Crippen molar-refractivity contribution in [1.29, 1.82) is 0 Å². The van der Waals surface area contributed by atoms with Crippen LogP contribution in [0.1, 0.15) is 65.2 Å². The Morgan fingerprint density at radius 1 is 1.11 bits per heavy atom. The van der Waals surface area contributed by atoms with Crippen molar-refractivity contribution in [3.8, 4) is 0 Å². The van der Waals surface area contributed by atoms with Crippen molar-refractivity contribution >= 4 is 12.3 Å². The lowest BCUT2D eigenvalue weighted by molar-refractivity contribution is -0.453. The third-order valence-corrected chi connectivity index (χ3v) is 11.6. The molecule has 0 amide bonds. The quantitative estimate of drug-likeness (QED) is 0.278. The molecule has 9 heteroatoms. The van der Waals surface area contributed by atoms with Crippen molar-refractivity contribution in [2.45, 2.75) is 107 Å². The number of fused-ring (bicyclic) bond motifs is 7. The predicted octanol–water partition coefficient (Wildman–Crippen LogP) is 1.92. The van der Waals surface area contributed by atoms with Crippen molar-refractivity contribution in [2.75, 3.05) is 6.61 Å². The zero-order valence-electron chi connectivity index (χ0n) is 22.0. The summed E-state index contributed by atoms with van der Waals surface area (Å²) in [6.07, 6.45) is 5.93. The third kappa shape index (κ3) is 3.14. The van der Waals surface area contributed by atoms with Crippen LogP contribution in [-0.4, -0.2) is 76.3 Å². The largest absolute Gasteiger partial charge is 0.458 e. The Labute approximate surface area is 222 Å². The van der Waals surface area contributed by atoms with Crippen LogP contribution < -0.4 is 0 Å². The Kier molecular flexibility index (Phi) is 5.48. The molecule has 2 saturated heterocycles. The van der Waals surface area contributed by atoms with Crippen LogP contribution in [0.5, 0.6) is 0 Å². The third-order valence-electron chi connectivity index (χ3n) is 11.6. The summed E-state index contributed by atoms with van der Waals surface area (Å²) in [6, 6.07) is 0. The van der Waals surface area contributed by atoms with Gasteiger partial charge in [-0.1, -0.05) is 18.6 Å². The first kappa shape index (κ1) is 25.4.